The summed E-state index contributed by atoms with van der Waals surface area (Å²) in [5, 5.41) is 3.98. The van der Waals surface area contributed by atoms with E-state index in [-0.39, 0.29) is 17.7 Å². The van der Waals surface area contributed by atoms with Crippen molar-refractivity contribution in [3.63, 3.8) is 0 Å². The molecule has 154 valence electrons. The Balaban J connectivity index is 2.21. The minimum absolute atomic E-state index is 0.187. The second-order valence-corrected chi connectivity index (χ2v) is 7.95. The van der Waals surface area contributed by atoms with E-state index in [2.05, 4.69) is 10.7 Å². The van der Waals surface area contributed by atoms with Crippen LogP contribution in [0.4, 0.5) is 11.4 Å². The maximum absolute atomic E-state index is 13.1. The molecule has 0 radical (unpaired) electrons. The van der Waals surface area contributed by atoms with Crippen LogP contribution in [0.25, 0.3) is 0 Å². The molecule has 3 amide bonds. The number of nitrogens with one attached hydrogen (secondary N) is 2. The van der Waals surface area contributed by atoms with Crippen LogP contribution in [0.2, 0.25) is 0 Å². The molecule has 0 aliphatic heterocycles. The number of hydrogen-bond donors (Lipinski definition) is 2. The predicted octanol–water partition coefficient (Wildman–Crippen LogP) is 3.30. The molecule has 2 aromatic carbocycles. The summed E-state index contributed by atoms with van der Waals surface area (Å²) < 4.78 is 0. The van der Waals surface area contributed by atoms with Crippen molar-refractivity contribution in [2.45, 2.75) is 33.2 Å². The molecule has 7 heteroatoms. The first kappa shape index (κ1) is 21.9. The molecule has 7 nitrogen and oxygen atoms in total. The zero-order valence-corrected chi connectivity index (χ0v) is 17.7. The van der Waals surface area contributed by atoms with Crippen LogP contribution in [0.15, 0.2) is 48.5 Å². The van der Waals surface area contributed by atoms with Gasteiger partial charge in [0.1, 0.15) is 0 Å². The van der Waals surface area contributed by atoms with Gasteiger partial charge in [0.05, 0.1) is 5.54 Å². The second kappa shape index (κ2) is 8.77. The fourth-order valence-electron chi connectivity index (χ4n) is 2.63. The third kappa shape index (κ3) is 5.81. The molecule has 0 aromatic heterocycles. The van der Waals surface area contributed by atoms with Gasteiger partial charge in [0, 0.05) is 43.5 Å². The number of hydrazine groups is 1. The standard InChI is InChI=1S/C22H28N4O3/c1-15(27)23-18-11-7-17(8-12-18)21(29)26(22(2,3)4)24-20(28)16-9-13-19(14-10-16)25(5)6/h7-14H,1-6H3,(H,23,27)(H,24,28). The Morgan fingerprint density at radius 2 is 1.34 bits per heavy atom. The van der Waals surface area contributed by atoms with Crippen LogP contribution >= 0.6 is 0 Å². The highest BCUT2D eigenvalue weighted by Crippen LogP contribution is 2.18. The fourth-order valence-corrected chi connectivity index (χ4v) is 2.63. The van der Waals surface area contributed by atoms with E-state index in [4.69, 9.17) is 0 Å². The van der Waals surface area contributed by atoms with Crippen LogP contribution in [0.1, 0.15) is 48.4 Å². The summed E-state index contributed by atoms with van der Waals surface area (Å²) >= 11 is 0. The van der Waals surface area contributed by atoms with Gasteiger partial charge in [-0.3, -0.25) is 19.8 Å². The normalized spacial score (nSPS) is 10.8. The van der Waals surface area contributed by atoms with E-state index in [1.807, 2.05) is 51.9 Å². The first-order valence-electron chi connectivity index (χ1n) is 9.29. The van der Waals surface area contributed by atoms with Gasteiger partial charge in [0.25, 0.3) is 11.8 Å². The molecule has 2 rings (SSSR count). The Morgan fingerprint density at radius 1 is 0.828 bits per heavy atom. The summed E-state index contributed by atoms with van der Waals surface area (Å²) in [5.41, 5.74) is 4.51. The van der Waals surface area contributed by atoms with E-state index >= 15 is 0 Å². The molecule has 29 heavy (non-hydrogen) atoms. The van der Waals surface area contributed by atoms with Gasteiger partial charge in [-0.2, -0.15) is 0 Å². The minimum atomic E-state index is -0.646. The quantitative estimate of drug-likeness (QED) is 0.777. The molecule has 0 atom stereocenters. The van der Waals surface area contributed by atoms with Crippen molar-refractivity contribution in [3.8, 4) is 0 Å². The third-order valence-corrected chi connectivity index (χ3v) is 4.19. The minimum Gasteiger partial charge on any atom is -0.378 e. The average Bonchev–Trinajstić information content (AvgIpc) is 2.64. The third-order valence-electron chi connectivity index (χ3n) is 4.19. The van der Waals surface area contributed by atoms with Crippen LogP contribution in [0.3, 0.4) is 0 Å². The average molecular weight is 396 g/mol. The molecule has 0 aliphatic rings. The highest BCUT2D eigenvalue weighted by Gasteiger charge is 2.29. The van der Waals surface area contributed by atoms with Crippen LogP contribution < -0.4 is 15.6 Å². The first-order chi connectivity index (χ1) is 13.5. The van der Waals surface area contributed by atoms with Crippen molar-refractivity contribution in [1.82, 2.24) is 10.4 Å². The number of rotatable bonds is 4. The van der Waals surface area contributed by atoms with Crippen molar-refractivity contribution in [2.24, 2.45) is 0 Å². The van der Waals surface area contributed by atoms with Crippen molar-refractivity contribution in [2.75, 3.05) is 24.3 Å². The van der Waals surface area contributed by atoms with Gasteiger partial charge in [-0.15, -0.1) is 0 Å². The Bertz CT molecular complexity index is 882. The number of carbonyl (C=O) groups excluding carboxylic acids is 3. The summed E-state index contributed by atoms with van der Waals surface area (Å²) in [5.74, 6) is -0.897. The van der Waals surface area contributed by atoms with Crippen molar-refractivity contribution in [1.29, 1.82) is 0 Å². The lowest BCUT2D eigenvalue weighted by molar-refractivity contribution is -0.114. The van der Waals surface area contributed by atoms with E-state index < -0.39 is 5.54 Å². The number of nitrogens with zero attached hydrogens (tertiary/aromatic N) is 2. The van der Waals surface area contributed by atoms with E-state index in [1.165, 1.54) is 11.9 Å². The van der Waals surface area contributed by atoms with Crippen LogP contribution in [-0.2, 0) is 4.79 Å². The largest absolute Gasteiger partial charge is 0.378 e. The van der Waals surface area contributed by atoms with E-state index in [9.17, 15) is 14.4 Å². The number of amides is 3. The summed E-state index contributed by atoms with van der Waals surface area (Å²) in [4.78, 5) is 38.9. The molecule has 0 saturated heterocycles. The molecule has 2 aromatic rings. The topological polar surface area (TPSA) is 81.8 Å². The summed E-state index contributed by atoms with van der Waals surface area (Å²) in [6.07, 6.45) is 0. The highest BCUT2D eigenvalue weighted by molar-refractivity contribution is 6.00. The number of anilines is 2. The Labute approximate surface area is 171 Å². The molecule has 0 fully saturated rings. The van der Waals surface area contributed by atoms with Gasteiger partial charge in [0.2, 0.25) is 5.91 Å². The zero-order valence-electron chi connectivity index (χ0n) is 17.7. The van der Waals surface area contributed by atoms with Crippen LogP contribution in [0, 0.1) is 0 Å². The number of hydrogen-bond acceptors (Lipinski definition) is 4. The molecule has 0 saturated carbocycles. The van der Waals surface area contributed by atoms with Crippen molar-refractivity contribution >= 4 is 29.1 Å². The fraction of sp³-hybridized carbons (Fsp3) is 0.318. The Kier molecular flexibility index (Phi) is 6.64. The first-order valence-corrected chi connectivity index (χ1v) is 9.29. The SMILES string of the molecule is CC(=O)Nc1ccc(C(=O)N(NC(=O)c2ccc(N(C)C)cc2)C(C)(C)C)cc1. The Hall–Kier alpha value is -3.35. The van der Waals surface area contributed by atoms with E-state index in [1.54, 1.807) is 36.4 Å². The predicted molar refractivity (Wildman–Crippen MR) is 115 cm³/mol. The van der Waals surface area contributed by atoms with Crippen LogP contribution in [-0.4, -0.2) is 42.4 Å². The summed E-state index contributed by atoms with van der Waals surface area (Å²) in [7, 11) is 3.85. The maximum Gasteiger partial charge on any atom is 0.272 e. The molecule has 0 bridgehead atoms. The van der Waals surface area contributed by atoms with E-state index in [0.29, 0.717) is 16.8 Å². The highest BCUT2D eigenvalue weighted by atomic mass is 16.2. The Morgan fingerprint density at radius 3 is 1.79 bits per heavy atom. The van der Waals surface area contributed by atoms with Gasteiger partial charge in [0.15, 0.2) is 0 Å². The lowest BCUT2D eigenvalue weighted by Gasteiger charge is -2.35. The molecular formula is C22H28N4O3. The lowest BCUT2D eigenvalue weighted by atomic mass is 10.1. The number of benzene rings is 2. The van der Waals surface area contributed by atoms with E-state index in [0.717, 1.165) is 5.69 Å². The van der Waals surface area contributed by atoms with Gasteiger partial charge in [-0.05, 0) is 69.3 Å². The monoisotopic (exact) mass is 396 g/mol. The second-order valence-electron chi connectivity index (χ2n) is 7.95. The molecule has 0 aliphatic carbocycles. The molecule has 2 N–H and O–H groups in total. The molecule has 0 unspecified atom stereocenters. The number of carbonyl (C=O) groups is 3. The van der Waals surface area contributed by atoms with Gasteiger partial charge in [-0.1, -0.05) is 0 Å². The molecular weight excluding hydrogens is 368 g/mol. The molecule has 0 spiro atoms. The summed E-state index contributed by atoms with van der Waals surface area (Å²) in [6, 6.07) is 13.7. The van der Waals surface area contributed by atoms with Crippen molar-refractivity contribution < 1.29 is 14.4 Å². The van der Waals surface area contributed by atoms with Crippen LogP contribution in [0.5, 0.6) is 0 Å². The maximum atomic E-state index is 13.1. The van der Waals surface area contributed by atoms with Gasteiger partial charge >= 0.3 is 0 Å². The van der Waals surface area contributed by atoms with Gasteiger partial charge in [-0.25, -0.2) is 5.01 Å². The van der Waals surface area contributed by atoms with Crippen molar-refractivity contribution in [3.05, 3.63) is 59.7 Å². The zero-order chi connectivity index (χ0) is 21.8. The smallest absolute Gasteiger partial charge is 0.272 e. The lowest BCUT2D eigenvalue weighted by Crippen LogP contribution is -2.55. The molecule has 0 heterocycles. The van der Waals surface area contributed by atoms with Gasteiger partial charge < -0.3 is 10.2 Å². The summed E-state index contributed by atoms with van der Waals surface area (Å²) in [6.45, 7) is 6.94.